The van der Waals surface area contributed by atoms with Crippen LogP contribution >= 0.6 is 15.9 Å². The van der Waals surface area contributed by atoms with Gasteiger partial charge in [-0.05, 0) is 43.2 Å². The normalized spacial score (nSPS) is 10.3. The first-order chi connectivity index (χ1) is 10.0. The molecule has 0 fully saturated rings. The molecule has 0 aliphatic carbocycles. The zero-order valence-electron chi connectivity index (χ0n) is 12.3. The molecule has 1 heterocycles. The van der Waals surface area contributed by atoms with Gasteiger partial charge in [-0.15, -0.1) is 0 Å². The maximum atomic E-state index is 12.4. The third-order valence-electron chi connectivity index (χ3n) is 3.21. The molecule has 2 rings (SSSR count). The fourth-order valence-corrected chi connectivity index (χ4v) is 2.31. The average Bonchev–Trinajstić information content (AvgIpc) is 2.50. The van der Waals surface area contributed by atoms with Crippen molar-refractivity contribution < 1.29 is 4.79 Å². The second-order valence-corrected chi connectivity index (χ2v) is 5.66. The van der Waals surface area contributed by atoms with Crippen LogP contribution in [-0.2, 0) is 6.42 Å². The molecule has 1 aromatic carbocycles. The standard InChI is InChI=1S/C16H18BrN3O/c1-4-13-7-11(8-15(18-3)19-13)16(21)20-14-9-12(17)6-5-10(14)2/h5-9H,4H2,1-3H3,(H,18,19)(H,20,21). The van der Waals surface area contributed by atoms with Crippen molar-refractivity contribution in [3.8, 4) is 0 Å². The number of carbonyl (C=O) groups is 1. The van der Waals surface area contributed by atoms with Crippen LogP contribution in [0.1, 0.15) is 28.5 Å². The van der Waals surface area contributed by atoms with Crippen LogP contribution < -0.4 is 10.6 Å². The molecule has 0 saturated heterocycles. The Labute approximate surface area is 133 Å². The molecule has 0 aliphatic rings. The van der Waals surface area contributed by atoms with Crippen molar-refractivity contribution in [3.63, 3.8) is 0 Å². The molecule has 110 valence electrons. The van der Waals surface area contributed by atoms with Gasteiger partial charge in [0.1, 0.15) is 5.82 Å². The number of benzene rings is 1. The van der Waals surface area contributed by atoms with Crippen LogP contribution in [-0.4, -0.2) is 17.9 Å². The Bertz CT molecular complexity index is 648. The summed E-state index contributed by atoms with van der Waals surface area (Å²) in [5, 5.41) is 5.93. The minimum absolute atomic E-state index is 0.134. The van der Waals surface area contributed by atoms with Crippen molar-refractivity contribution in [2.24, 2.45) is 0 Å². The molecule has 21 heavy (non-hydrogen) atoms. The summed E-state index contributed by atoms with van der Waals surface area (Å²) in [7, 11) is 1.79. The summed E-state index contributed by atoms with van der Waals surface area (Å²) in [5.41, 5.74) is 3.31. The molecular formula is C16H18BrN3O. The number of aryl methyl sites for hydroxylation is 2. The Morgan fingerprint density at radius 3 is 2.71 bits per heavy atom. The van der Waals surface area contributed by atoms with Crippen molar-refractivity contribution in [1.82, 2.24) is 4.98 Å². The van der Waals surface area contributed by atoms with Crippen LogP contribution in [0.25, 0.3) is 0 Å². The Balaban J connectivity index is 2.29. The smallest absolute Gasteiger partial charge is 0.255 e. The molecule has 0 aliphatic heterocycles. The minimum atomic E-state index is -0.134. The molecule has 0 atom stereocenters. The number of amides is 1. The number of nitrogens with zero attached hydrogens (tertiary/aromatic N) is 1. The Hall–Kier alpha value is -1.88. The van der Waals surface area contributed by atoms with Crippen LogP contribution in [0.4, 0.5) is 11.5 Å². The molecule has 0 spiro atoms. The predicted octanol–water partition coefficient (Wildman–Crippen LogP) is 4.01. The lowest BCUT2D eigenvalue weighted by atomic mass is 10.1. The molecule has 1 aromatic heterocycles. The lowest BCUT2D eigenvalue weighted by molar-refractivity contribution is 0.102. The molecule has 4 nitrogen and oxygen atoms in total. The SMILES string of the molecule is CCc1cc(C(=O)Nc2cc(Br)ccc2C)cc(NC)n1. The highest BCUT2D eigenvalue weighted by Crippen LogP contribution is 2.22. The van der Waals surface area contributed by atoms with E-state index in [1.165, 1.54) is 0 Å². The van der Waals surface area contributed by atoms with Gasteiger partial charge in [-0.3, -0.25) is 4.79 Å². The topological polar surface area (TPSA) is 54.0 Å². The van der Waals surface area contributed by atoms with Crippen molar-refractivity contribution in [1.29, 1.82) is 0 Å². The largest absolute Gasteiger partial charge is 0.373 e. The molecule has 1 amide bonds. The van der Waals surface area contributed by atoms with E-state index in [1.54, 1.807) is 13.1 Å². The number of rotatable bonds is 4. The Kier molecular flexibility index (Phi) is 4.96. The fraction of sp³-hybridized carbons (Fsp3) is 0.250. The molecule has 0 bridgehead atoms. The van der Waals surface area contributed by atoms with Crippen molar-refractivity contribution in [2.75, 3.05) is 17.7 Å². The van der Waals surface area contributed by atoms with Gasteiger partial charge in [-0.2, -0.15) is 0 Å². The van der Waals surface area contributed by atoms with Gasteiger partial charge in [-0.1, -0.05) is 28.9 Å². The number of nitrogens with one attached hydrogen (secondary N) is 2. The number of carbonyl (C=O) groups excluding carboxylic acids is 1. The molecule has 0 radical (unpaired) electrons. The fourth-order valence-electron chi connectivity index (χ4n) is 1.95. The summed E-state index contributed by atoms with van der Waals surface area (Å²) in [6.07, 6.45) is 0.783. The van der Waals surface area contributed by atoms with E-state index in [0.29, 0.717) is 11.4 Å². The van der Waals surface area contributed by atoms with Crippen LogP contribution in [0, 0.1) is 6.92 Å². The molecule has 2 N–H and O–H groups in total. The van der Waals surface area contributed by atoms with Crippen LogP contribution in [0.3, 0.4) is 0 Å². The summed E-state index contributed by atoms with van der Waals surface area (Å²) in [5.74, 6) is 0.565. The maximum Gasteiger partial charge on any atom is 0.255 e. The van der Waals surface area contributed by atoms with Gasteiger partial charge in [0.15, 0.2) is 0 Å². The van der Waals surface area contributed by atoms with Crippen LogP contribution in [0.2, 0.25) is 0 Å². The van der Waals surface area contributed by atoms with Crippen molar-refractivity contribution in [2.45, 2.75) is 20.3 Å². The van der Waals surface area contributed by atoms with E-state index in [1.807, 2.05) is 38.1 Å². The van der Waals surface area contributed by atoms with Crippen LogP contribution in [0.5, 0.6) is 0 Å². The van der Waals surface area contributed by atoms with E-state index in [4.69, 9.17) is 0 Å². The van der Waals surface area contributed by atoms with Gasteiger partial charge in [0, 0.05) is 28.5 Å². The second kappa shape index (κ2) is 6.72. The van der Waals surface area contributed by atoms with E-state index in [9.17, 15) is 4.79 Å². The third kappa shape index (κ3) is 3.82. The average molecular weight is 348 g/mol. The summed E-state index contributed by atoms with van der Waals surface area (Å²) in [6.45, 7) is 3.98. The highest BCUT2D eigenvalue weighted by molar-refractivity contribution is 9.10. The summed E-state index contributed by atoms with van der Waals surface area (Å²) >= 11 is 3.42. The molecule has 0 unspecified atom stereocenters. The van der Waals surface area contributed by atoms with E-state index in [-0.39, 0.29) is 5.91 Å². The molecule has 0 saturated carbocycles. The quantitative estimate of drug-likeness (QED) is 0.878. The van der Waals surface area contributed by atoms with E-state index in [0.717, 1.165) is 27.8 Å². The number of hydrogen-bond acceptors (Lipinski definition) is 3. The first-order valence-electron chi connectivity index (χ1n) is 6.79. The highest BCUT2D eigenvalue weighted by Gasteiger charge is 2.11. The van der Waals surface area contributed by atoms with Gasteiger partial charge in [0.25, 0.3) is 5.91 Å². The van der Waals surface area contributed by atoms with E-state index in [2.05, 4.69) is 31.5 Å². The molecule has 5 heteroatoms. The van der Waals surface area contributed by atoms with Crippen LogP contribution in [0.15, 0.2) is 34.8 Å². The number of aromatic nitrogens is 1. The Morgan fingerprint density at radius 2 is 2.05 bits per heavy atom. The first kappa shape index (κ1) is 15.5. The predicted molar refractivity (Wildman–Crippen MR) is 90.0 cm³/mol. The highest BCUT2D eigenvalue weighted by atomic mass is 79.9. The monoisotopic (exact) mass is 347 g/mol. The third-order valence-corrected chi connectivity index (χ3v) is 3.70. The zero-order valence-corrected chi connectivity index (χ0v) is 13.9. The van der Waals surface area contributed by atoms with Gasteiger partial charge >= 0.3 is 0 Å². The molecular weight excluding hydrogens is 330 g/mol. The molecule has 2 aromatic rings. The van der Waals surface area contributed by atoms with Gasteiger partial charge in [0.2, 0.25) is 0 Å². The number of hydrogen-bond donors (Lipinski definition) is 2. The number of halogens is 1. The zero-order chi connectivity index (χ0) is 15.4. The Morgan fingerprint density at radius 1 is 1.29 bits per heavy atom. The van der Waals surface area contributed by atoms with Gasteiger partial charge in [0.05, 0.1) is 0 Å². The van der Waals surface area contributed by atoms with Crippen molar-refractivity contribution >= 4 is 33.3 Å². The number of anilines is 2. The second-order valence-electron chi connectivity index (χ2n) is 4.75. The lowest BCUT2D eigenvalue weighted by Crippen LogP contribution is -2.14. The summed E-state index contributed by atoms with van der Waals surface area (Å²) in [6, 6.07) is 9.38. The summed E-state index contributed by atoms with van der Waals surface area (Å²) < 4.78 is 0.934. The van der Waals surface area contributed by atoms with E-state index < -0.39 is 0 Å². The minimum Gasteiger partial charge on any atom is -0.373 e. The van der Waals surface area contributed by atoms with Crippen molar-refractivity contribution in [3.05, 3.63) is 51.6 Å². The summed E-state index contributed by atoms with van der Waals surface area (Å²) in [4.78, 5) is 16.8. The maximum absolute atomic E-state index is 12.4. The van der Waals surface area contributed by atoms with Gasteiger partial charge < -0.3 is 10.6 Å². The lowest BCUT2D eigenvalue weighted by Gasteiger charge is -2.11. The first-order valence-corrected chi connectivity index (χ1v) is 7.59. The van der Waals surface area contributed by atoms with E-state index >= 15 is 0 Å². The number of pyridine rings is 1. The van der Waals surface area contributed by atoms with Gasteiger partial charge in [-0.25, -0.2) is 4.98 Å².